The molecule has 1 amide bonds. The lowest BCUT2D eigenvalue weighted by Crippen LogP contribution is -2.24. The van der Waals surface area contributed by atoms with Crippen LogP contribution in [0.1, 0.15) is 32.5 Å². The van der Waals surface area contributed by atoms with E-state index < -0.39 is 5.25 Å². The topological polar surface area (TPSA) is 85.8 Å². The van der Waals surface area contributed by atoms with Gasteiger partial charge in [0.05, 0.1) is 16.0 Å². The molecule has 2 aromatic rings. The Morgan fingerprint density at radius 3 is 2.88 bits per heavy atom. The number of nitrogens with zero attached hydrogens (tertiary/aromatic N) is 3. The van der Waals surface area contributed by atoms with E-state index in [2.05, 4.69) is 22.4 Å². The average molecular weight is 388 g/mol. The van der Waals surface area contributed by atoms with Crippen molar-refractivity contribution in [1.29, 1.82) is 0 Å². The molecule has 0 saturated carbocycles. The van der Waals surface area contributed by atoms with Crippen LogP contribution in [0.4, 0.5) is 5.69 Å². The van der Waals surface area contributed by atoms with Crippen molar-refractivity contribution >= 4 is 46.6 Å². The van der Waals surface area contributed by atoms with Gasteiger partial charge in [0.15, 0.2) is 5.82 Å². The molecule has 0 aliphatic heterocycles. The van der Waals surface area contributed by atoms with Crippen molar-refractivity contribution in [1.82, 2.24) is 14.9 Å². The highest BCUT2D eigenvalue weighted by Crippen LogP contribution is 2.27. The van der Waals surface area contributed by atoms with Gasteiger partial charge in [-0.15, -0.1) is 10.2 Å². The van der Waals surface area contributed by atoms with Crippen LogP contribution >= 0.6 is 35.0 Å². The third-order valence-electron chi connectivity index (χ3n) is 3.33. The molecule has 0 unspecified atom stereocenters. The van der Waals surface area contributed by atoms with E-state index in [9.17, 15) is 4.79 Å². The number of thioether (sulfide) groups is 1. The molecule has 2 rings (SSSR count). The Morgan fingerprint density at radius 2 is 2.17 bits per heavy atom. The minimum Gasteiger partial charge on any atom is -0.336 e. The maximum Gasteiger partial charge on any atom is 0.237 e. The summed E-state index contributed by atoms with van der Waals surface area (Å²) in [4.78, 5) is 12.3. The number of benzene rings is 1. The normalized spacial score (nSPS) is 12.2. The van der Waals surface area contributed by atoms with Gasteiger partial charge in [-0.2, -0.15) is 0 Å². The van der Waals surface area contributed by atoms with Gasteiger partial charge in [0, 0.05) is 11.4 Å². The van der Waals surface area contributed by atoms with Crippen LogP contribution in [0.5, 0.6) is 0 Å². The number of halogens is 2. The number of hydrogen-bond donors (Lipinski definition) is 2. The number of aryl methyl sites for hydroxylation is 1. The predicted octanol–water partition coefficient (Wildman–Crippen LogP) is 3.76. The predicted molar refractivity (Wildman–Crippen MR) is 99.2 cm³/mol. The van der Waals surface area contributed by atoms with E-state index in [-0.39, 0.29) is 5.91 Å². The third kappa shape index (κ3) is 4.78. The second kappa shape index (κ2) is 8.60. The standard InChI is InChI=1S/C15H19Cl2N5OS/c1-3-4-5-13-20-21-15(22(13)18)24-9(2)14(23)19-12-8-10(16)6-7-11(12)17/h6-9H,3-5,18H2,1-2H3,(H,19,23)/t9-/m0/s1. The number of rotatable bonds is 7. The molecule has 1 aromatic heterocycles. The van der Waals surface area contributed by atoms with Crippen LogP contribution in [0.25, 0.3) is 0 Å². The molecule has 0 fully saturated rings. The van der Waals surface area contributed by atoms with Gasteiger partial charge in [-0.3, -0.25) is 4.79 Å². The average Bonchev–Trinajstić information content (AvgIpc) is 2.89. The molecule has 0 spiro atoms. The van der Waals surface area contributed by atoms with E-state index in [4.69, 9.17) is 29.0 Å². The Morgan fingerprint density at radius 1 is 1.42 bits per heavy atom. The van der Waals surface area contributed by atoms with Crippen molar-refractivity contribution in [3.05, 3.63) is 34.1 Å². The fraction of sp³-hybridized carbons (Fsp3) is 0.400. The van der Waals surface area contributed by atoms with Crippen LogP contribution in [-0.2, 0) is 11.2 Å². The van der Waals surface area contributed by atoms with Gasteiger partial charge in [0.1, 0.15) is 0 Å². The minimum absolute atomic E-state index is 0.220. The first-order valence-electron chi connectivity index (χ1n) is 7.54. The van der Waals surface area contributed by atoms with Gasteiger partial charge < -0.3 is 11.2 Å². The lowest BCUT2D eigenvalue weighted by atomic mass is 10.2. The fourth-order valence-electron chi connectivity index (χ4n) is 1.93. The number of carbonyl (C=O) groups is 1. The Kier molecular flexibility index (Phi) is 6.77. The van der Waals surface area contributed by atoms with Crippen molar-refractivity contribution in [3.8, 4) is 0 Å². The fourth-order valence-corrected chi connectivity index (χ4v) is 3.06. The highest BCUT2D eigenvalue weighted by atomic mass is 35.5. The Bertz CT molecular complexity index is 722. The van der Waals surface area contributed by atoms with Crippen LogP contribution in [-0.4, -0.2) is 26.0 Å². The number of carbonyl (C=O) groups excluding carboxylic acids is 1. The molecule has 0 aliphatic rings. The SMILES string of the molecule is CCCCc1nnc(S[C@@H](C)C(=O)Nc2cc(Cl)ccc2Cl)n1N. The van der Waals surface area contributed by atoms with E-state index in [0.717, 1.165) is 19.3 Å². The summed E-state index contributed by atoms with van der Waals surface area (Å²) < 4.78 is 1.44. The molecule has 3 N–H and O–H groups in total. The molecule has 1 aromatic carbocycles. The lowest BCUT2D eigenvalue weighted by Gasteiger charge is -2.12. The zero-order valence-corrected chi connectivity index (χ0v) is 15.8. The zero-order chi connectivity index (χ0) is 17.7. The number of unbranched alkanes of at least 4 members (excludes halogenated alkanes) is 1. The Balaban J connectivity index is 2.01. The lowest BCUT2D eigenvalue weighted by molar-refractivity contribution is -0.115. The molecule has 0 bridgehead atoms. The quantitative estimate of drug-likeness (QED) is 0.557. The van der Waals surface area contributed by atoms with E-state index in [1.54, 1.807) is 25.1 Å². The van der Waals surface area contributed by atoms with Gasteiger partial charge in [0.2, 0.25) is 11.1 Å². The first kappa shape index (κ1) is 18.9. The highest BCUT2D eigenvalue weighted by molar-refractivity contribution is 8.00. The first-order valence-corrected chi connectivity index (χ1v) is 9.17. The molecule has 6 nitrogen and oxygen atoms in total. The molecule has 24 heavy (non-hydrogen) atoms. The number of anilines is 1. The van der Waals surface area contributed by atoms with Crippen LogP contribution < -0.4 is 11.2 Å². The second-order valence-corrected chi connectivity index (χ2v) is 7.40. The molecule has 1 atom stereocenters. The van der Waals surface area contributed by atoms with Crippen LogP contribution in [0.2, 0.25) is 10.0 Å². The largest absolute Gasteiger partial charge is 0.336 e. The van der Waals surface area contributed by atoms with Crippen LogP contribution in [0, 0.1) is 0 Å². The number of aromatic nitrogens is 3. The molecule has 0 radical (unpaired) electrons. The first-order chi connectivity index (χ1) is 11.4. The third-order valence-corrected chi connectivity index (χ3v) is 4.95. The van der Waals surface area contributed by atoms with Gasteiger partial charge in [0.25, 0.3) is 0 Å². The van der Waals surface area contributed by atoms with Gasteiger partial charge in [-0.1, -0.05) is 48.3 Å². The number of nitrogens with one attached hydrogen (secondary N) is 1. The van der Waals surface area contributed by atoms with Gasteiger partial charge >= 0.3 is 0 Å². The van der Waals surface area contributed by atoms with E-state index in [1.165, 1.54) is 16.4 Å². The van der Waals surface area contributed by atoms with Crippen molar-refractivity contribution in [2.24, 2.45) is 0 Å². The van der Waals surface area contributed by atoms with Crippen LogP contribution in [0.15, 0.2) is 23.4 Å². The van der Waals surface area contributed by atoms with Crippen molar-refractivity contribution in [2.75, 3.05) is 11.2 Å². The summed E-state index contributed by atoms with van der Waals surface area (Å²) in [5.41, 5.74) is 0.472. The van der Waals surface area contributed by atoms with Crippen molar-refractivity contribution < 1.29 is 4.79 Å². The summed E-state index contributed by atoms with van der Waals surface area (Å²) in [5.74, 6) is 6.48. The molecule has 9 heteroatoms. The summed E-state index contributed by atoms with van der Waals surface area (Å²) in [5, 5.41) is 11.9. The van der Waals surface area contributed by atoms with Gasteiger partial charge in [-0.25, -0.2) is 4.68 Å². The Labute approximate surface area is 155 Å². The molecule has 0 aliphatic carbocycles. The molecular formula is C15H19Cl2N5OS. The number of amides is 1. The summed E-state index contributed by atoms with van der Waals surface area (Å²) in [7, 11) is 0. The summed E-state index contributed by atoms with van der Waals surface area (Å²) >= 11 is 13.2. The molecule has 1 heterocycles. The van der Waals surface area contributed by atoms with E-state index in [0.29, 0.717) is 26.7 Å². The number of hydrogen-bond acceptors (Lipinski definition) is 5. The minimum atomic E-state index is -0.425. The molecule has 130 valence electrons. The number of nitrogens with two attached hydrogens (primary N) is 1. The maximum atomic E-state index is 12.3. The summed E-state index contributed by atoms with van der Waals surface area (Å²) in [6, 6.07) is 4.90. The van der Waals surface area contributed by atoms with Crippen molar-refractivity contribution in [3.63, 3.8) is 0 Å². The summed E-state index contributed by atoms with van der Waals surface area (Å²) in [6.07, 6.45) is 2.80. The monoisotopic (exact) mass is 387 g/mol. The maximum absolute atomic E-state index is 12.3. The second-order valence-electron chi connectivity index (χ2n) is 5.25. The summed E-state index contributed by atoms with van der Waals surface area (Å²) in [6.45, 7) is 3.86. The van der Waals surface area contributed by atoms with Crippen LogP contribution in [0.3, 0.4) is 0 Å². The molecule has 0 saturated heterocycles. The van der Waals surface area contributed by atoms with Crippen molar-refractivity contribution in [2.45, 2.75) is 43.5 Å². The number of nitrogen functional groups attached to an aromatic ring is 1. The highest BCUT2D eigenvalue weighted by Gasteiger charge is 2.20. The molecular weight excluding hydrogens is 369 g/mol. The van der Waals surface area contributed by atoms with E-state index in [1.807, 2.05) is 0 Å². The van der Waals surface area contributed by atoms with E-state index >= 15 is 0 Å². The smallest absolute Gasteiger partial charge is 0.237 e. The van der Waals surface area contributed by atoms with Gasteiger partial charge in [-0.05, 0) is 31.5 Å². The Hall–Kier alpha value is -1.44. The zero-order valence-electron chi connectivity index (χ0n) is 13.4.